The van der Waals surface area contributed by atoms with Crippen molar-refractivity contribution in [3.63, 3.8) is 0 Å². The third-order valence-electron chi connectivity index (χ3n) is 3.50. The van der Waals surface area contributed by atoms with Crippen molar-refractivity contribution in [3.8, 4) is 0 Å². The smallest absolute Gasteiger partial charge is 0.225 e. The van der Waals surface area contributed by atoms with Crippen LogP contribution in [-0.4, -0.2) is 22.8 Å². The lowest BCUT2D eigenvalue weighted by Gasteiger charge is -2.26. The predicted octanol–water partition coefficient (Wildman–Crippen LogP) is 2.62. The number of nitrogens with zero attached hydrogens (tertiary/aromatic N) is 2. The van der Waals surface area contributed by atoms with Crippen LogP contribution in [0.1, 0.15) is 37.7 Å². The molecule has 1 aromatic rings. The highest BCUT2D eigenvalue weighted by Crippen LogP contribution is 2.25. The van der Waals surface area contributed by atoms with Crippen LogP contribution in [-0.2, 0) is 11.3 Å². The molecule has 92 valence electrons. The Balaban J connectivity index is 1.90. The molecule has 0 aliphatic heterocycles. The minimum Gasteiger partial charge on any atom is -0.341 e. The van der Waals surface area contributed by atoms with Crippen LogP contribution in [0.5, 0.6) is 0 Å². The molecule has 0 N–H and O–H groups in total. The molecule has 0 saturated heterocycles. The zero-order valence-corrected chi connectivity index (χ0v) is 10.4. The summed E-state index contributed by atoms with van der Waals surface area (Å²) in [4.78, 5) is 18.0. The van der Waals surface area contributed by atoms with Gasteiger partial charge in [0.2, 0.25) is 5.91 Å². The first kappa shape index (κ1) is 12.1. The summed E-state index contributed by atoms with van der Waals surface area (Å²) >= 11 is 0. The molecule has 0 atom stereocenters. The van der Waals surface area contributed by atoms with Gasteiger partial charge >= 0.3 is 0 Å². The van der Waals surface area contributed by atoms with Crippen molar-refractivity contribution in [2.45, 2.75) is 38.6 Å². The largest absolute Gasteiger partial charge is 0.341 e. The molecule has 1 aromatic heterocycles. The number of hydrogen-bond acceptors (Lipinski definition) is 2. The van der Waals surface area contributed by atoms with Gasteiger partial charge in [-0.15, -0.1) is 0 Å². The van der Waals surface area contributed by atoms with Gasteiger partial charge < -0.3 is 4.90 Å². The van der Waals surface area contributed by atoms with Crippen LogP contribution in [0.2, 0.25) is 0 Å². The first-order chi connectivity index (χ1) is 8.27. The van der Waals surface area contributed by atoms with E-state index in [1.807, 2.05) is 24.1 Å². The second-order valence-electron chi connectivity index (χ2n) is 4.88. The SMILES string of the molecule is CN(Cc1ccncc1)C(=O)C1CCCCC1. The molecule has 1 fully saturated rings. The second kappa shape index (κ2) is 5.80. The lowest BCUT2D eigenvalue weighted by molar-refractivity contribution is -0.135. The summed E-state index contributed by atoms with van der Waals surface area (Å²) in [6.07, 6.45) is 9.39. The molecule has 1 aliphatic rings. The van der Waals surface area contributed by atoms with Crippen molar-refractivity contribution in [1.29, 1.82) is 0 Å². The number of hydrogen-bond donors (Lipinski definition) is 0. The van der Waals surface area contributed by atoms with Gasteiger partial charge in [-0.05, 0) is 30.5 Å². The maximum Gasteiger partial charge on any atom is 0.225 e. The Morgan fingerprint density at radius 1 is 1.29 bits per heavy atom. The Morgan fingerprint density at radius 3 is 2.59 bits per heavy atom. The average molecular weight is 232 g/mol. The minimum absolute atomic E-state index is 0.260. The summed E-state index contributed by atoms with van der Waals surface area (Å²) in [7, 11) is 1.90. The van der Waals surface area contributed by atoms with E-state index in [1.54, 1.807) is 12.4 Å². The van der Waals surface area contributed by atoms with Crippen molar-refractivity contribution < 1.29 is 4.79 Å². The Kier molecular flexibility index (Phi) is 4.13. The fourth-order valence-corrected chi connectivity index (χ4v) is 2.50. The van der Waals surface area contributed by atoms with Crippen molar-refractivity contribution >= 4 is 5.91 Å². The number of carbonyl (C=O) groups is 1. The van der Waals surface area contributed by atoms with Gasteiger partial charge in [0, 0.05) is 31.9 Å². The second-order valence-corrected chi connectivity index (χ2v) is 4.88. The quantitative estimate of drug-likeness (QED) is 0.802. The van der Waals surface area contributed by atoms with E-state index in [0.717, 1.165) is 18.4 Å². The molecule has 3 nitrogen and oxygen atoms in total. The average Bonchev–Trinajstić information content (AvgIpc) is 2.40. The van der Waals surface area contributed by atoms with Crippen molar-refractivity contribution in [2.75, 3.05) is 7.05 Å². The summed E-state index contributed by atoms with van der Waals surface area (Å²) in [5, 5.41) is 0. The van der Waals surface area contributed by atoms with Crippen LogP contribution >= 0.6 is 0 Å². The summed E-state index contributed by atoms with van der Waals surface area (Å²) < 4.78 is 0. The van der Waals surface area contributed by atoms with Crippen molar-refractivity contribution in [3.05, 3.63) is 30.1 Å². The summed E-state index contributed by atoms with van der Waals surface area (Å²) in [5.41, 5.74) is 1.15. The van der Waals surface area contributed by atoms with Crippen molar-refractivity contribution in [1.82, 2.24) is 9.88 Å². The molecule has 0 radical (unpaired) electrons. The third kappa shape index (κ3) is 3.29. The fourth-order valence-electron chi connectivity index (χ4n) is 2.50. The van der Waals surface area contributed by atoms with Crippen LogP contribution in [0, 0.1) is 5.92 Å². The van der Waals surface area contributed by atoms with Crippen LogP contribution in [0.4, 0.5) is 0 Å². The molecule has 1 heterocycles. The normalized spacial score (nSPS) is 16.8. The highest BCUT2D eigenvalue weighted by Gasteiger charge is 2.23. The molecule has 0 spiro atoms. The first-order valence-corrected chi connectivity index (χ1v) is 6.41. The van der Waals surface area contributed by atoms with Gasteiger partial charge in [-0.25, -0.2) is 0 Å². The van der Waals surface area contributed by atoms with Crippen molar-refractivity contribution in [2.24, 2.45) is 5.92 Å². The zero-order valence-electron chi connectivity index (χ0n) is 10.4. The first-order valence-electron chi connectivity index (χ1n) is 6.41. The number of aromatic nitrogens is 1. The van der Waals surface area contributed by atoms with Crippen LogP contribution in [0.25, 0.3) is 0 Å². The number of pyridine rings is 1. The summed E-state index contributed by atoms with van der Waals surface area (Å²) in [6, 6.07) is 3.93. The van der Waals surface area contributed by atoms with Gasteiger partial charge in [-0.2, -0.15) is 0 Å². The summed E-state index contributed by atoms with van der Waals surface area (Å²) in [5.74, 6) is 0.567. The van der Waals surface area contributed by atoms with Gasteiger partial charge in [-0.1, -0.05) is 19.3 Å². The van der Waals surface area contributed by atoms with Crippen LogP contribution in [0.15, 0.2) is 24.5 Å². The van der Waals surface area contributed by atoms with E-state index in [2.05, 4.69) is 4.98 Å². The molecule has 1 saturated carbocycles. The van der Waals surface area contributed by atoms with Gasteiger partial charge in [0.1, 0.15) is 0 Å². The Bertz CT molecular complexity index is 358. The molecule has 3 heteroatoms. The van der Waals surface area contributed by atoms with E-state index in [9.17, 15) is 4.79 Å². The van der Waals surface area contributed by atoms with Crippen LogP contribution < -0.4 is 0 Å². The van der Waals surface area contributed by atoms with E-state index in [-0.39, 0.29) is 5.92 Å². The van der Waals surface area contributed by atoms with Gasteiger partial charge in [0.15, 0.2) is 0 Å². The molecule has 0 unspecified atom stereocenters. The Hall–Kier alpha value is -1.38. The van der Waals surface area contributed by atoms with E-state index in [0.29, 0.717) is 12.5 Å². The number of carbonyl (C=O) groups excluding carboxylic acids is 1. The molecular formula is C14H20N2O. The van der Waals surface area contributed by atoms with E-state index >= 15 is 0 Å². The van der Waals surface area contributed by atoms with Gasteiger partial charge in [0.25, 0.3) is 0 Å². The standard InChI is InChI=1S/C14H20N2O/c1-16(11-12-7-9-15-10-8-12)14(17)13-5-3-2-4-6-13/h7-10,13H,2-6,11H2,1H3. The highest BCUT2D eigenvalue weighted by molar-refractivity contribution is 5.78. The molecule has 17 heavy (non-hydrogen) atoms. The van der Waals surface area contributed by atoms with E-state index in [1.165, 1.54) is 19.3 Å². The minimum atomic E-state index is 0.260. The number of rotatable bonds is 3. The molecule has 0 bridgehead atoms. The third-order valence-corrected chi connectivity index (χ3v) is 3.50. The maximum absolute atomic E-state index is 12.2. The van der Waals surface area contributed by atoms with E-state index in [4.69, 9.17) is 0 Å². The van der Waals surface area contributed by atoms with E-state index < -0.39 is 0 Å². The lowest BCUT2D eigenvalue weighted by Crippen LogP contribution is -2.33. The predicted molar refractivity (Wildman–Crippen MR) is 67.3 cm³/mol. The zero-order chi connectivity index (χ0) is 12.1. The summed E-state index contributed by atoms with van der Waals surface area (Å²) in [6.45, 7) is 0.692. The molecule has 1 amide bonds. The topological polar surface area (TPSA) is 33.2 Å². The molecular weight excluding hydrogens is 212 g/mol. The fraction of sp³-hybridized carbons (Fsp3) is 0.571. The molecule has 1 aliphatic carbocycles. The highest BCUT2D eigenvalue weighted by atomic mass is 16.2. The van der Waals surface area contributed by atoms with Gasteiger partial charge in [0.05, 0.1) is 0 Å². The van der Waals surface area contributed by atoms with Crippen LogP contribution in [0.3, 0.4) is 0 Å². The monoisotopic (exact) mass is 232 g/mol. The lowest BCUT2D eigenvalue weighted by atomic mass is 9.88. The Labute approximate surface area is 103 Å². The van der Waals surface area contributed by atoms with Gasteiger partial charge in [-0.3, -0.25) is 9.78 Å². The maximum atomic E-state index is 12.2. The number of amides is 1. The molecule has 2 rings (SSSR count). The molecule has 0 aromatic carbocycles. The Morgan fingerprint density at radius 2 is 1.94 bits per heavy atom.